The number of unbranched alkanes of at least 4 members (excludes halogenated alkanes) is 4. The summed E-state index contributed by atoms with van der Waals surface area (Å²) >= 11 is 0. The highest BCUT2D eigenvalue weighted by atomic mass is 19.1. The molecule has 0 bridgehead atoms. The van der Waals surface area contributed by atoms with Crippen LogP contribution in [0.1, 0.15) is 71.6 Å². The van der Waals surface area contributed by atoms with Crippen LogP contribution < -0.4 is 0 Å². The molecular weight excluding hydrogens is 229 g/mol. The number of alkyl halides is 1. The molecule has 1 amide bonds. The van der Waals surface area contributed by atoms with E-state index in [1.807, 2.05) is 4.90 Å². The Balaban J connectivity index is 2.44. The van der Waals surface area contributed by atoms with Gasteiger partial charge >= 0.3 is 0 Å². The summed E-state index contributed by atoms with van der Waals surface area (Å²) in [5.41, 5.74) is 0. The van der Waals surface area contributed by atoms with Crippen LogP contribution in [0.5, 0.6) is 0 Å². The molecule has 1 rings (SSSR count). The monoisotopic (exact) mass is 257 g/mol. The largest absolute Gasteiger partial charge is 0.337 e. The van der Waals surface area contributed by atoms with Gasteiger partial charge in [-0.1, -0.05) is 52.4 Å². The quantitative estimate of drug-likeness (QED) is 0.570. The molecule has 0 radical (unpaired) electrons. The summed E-state index contributed by atoms with van der Waals surface area (Å²) in [6, 6.07) is 0.288. The molecule has 1 heterocycles. The third-order valence-electron chi connectivity index (χ3n) is 3.83. The second kappa shape index (κ2) is 8.49. The zero-order valence-electron chi connectivity index (χ0n) is 12.0. The van der Waals surface area contributed by atoms with Crippen LogP contribution in [0.3, 0.4) is 0 Å². The number of hydrogen-bond acceptors (Lipinski definition) is 1. The lowest BCUT2D eigenvalue weighted by molar-refractivity contribution is -0.130. The fraction of sp³-hybridized carbons (Fsp3) is 0.933. The topological polar surface area (TPSA) is 20.3 Å². The molecule has 1 saturated heterocycles. The highest BCUT2D eigenvalue weighted by molar-refractivity contribution is 5.79. The third kappa shape index (κ3) is 4.95. The van der Waals surface area contributed by atoms with E-state index in [0.717, 1.165) is 25.7 Å². The minimum Gasteiger partial charge on any atom is -0.337 e. The van der Waals surface area contributed by atoms with Crippen molar-refractivity contribution in [1.29, 1.82) is 0 Å². The van der Waals surface area contributed by atoms with Crippen molar-refractivity contribution in [2.24, 2.45) is 0 Å². The lowest BCUT2D eigenvalue weighted by Crippen LogP contribution is -2.36. The summed E-state index contributed by atoms with van der Waals surface area (Å²) in [4.78, 5) is 13.6. The van der Waals surface area contributed by atoms with E-state index in [9.17, 15) is 9.18 Å². The maximum Gasteiger partial charge on any atom is 0.225 e. The van der Waals surface area contributed by atoms with Crippen LogP contribution >= 0.6 is 0 Å². The zero-order chi connectivity index (χ0) is 13.4. The van der Waals surface area contributed by atoms with Crippen LogP contribution in [-0.2, 0) is 4.79 Å². The van der Waals surface area contributed by atoms with Crippen molar-refractivity contribution < 1.29 is 9.18 Å². The zero-order valence-corrected chi connectivity index (χ0v) is 12.0. The SMILES string of the molecule is CCCCCC(CCCCC)N1CC(F)CC1=O. The lowest BCUT2D eigenvalue weighted by Gasteiger charge is -2.28. The van der Waals surface area contributed by atoms with E-state index in [1.165, 1.54) is 25.7 Å². The van der Waals surface area contributed by atoms with Crippen LogP contribution in [0.2, 0.25) is 0 Å². The molecule has 3 heteroatoms. The molecule has 0 aromatic carbocycles. The first-order chi connectivity index (χ1) is 8.69. The van der Waals surface area contributed by atoms with Crippen molar-refractivity contribution in [3.8, 4) is 0 Å². The summed E-state index contributed by atoms with van der Waals surface area (Å²) in [6.07, 6.45) is 8.42. The second-order valence-corrected chi connectivity index (χ2v) is 5.49. The van der Waals surface area contributed by atoms with Crippen molar-refractivity contribution in [2.45, 2.75) is 83.8 Å². The van der Waals surface area contributed by atoms with E-state index in [0.29, 0.717) is 6.54 Å². The van der Waals surface area contributed by atoms with Crippen LogP contribution in [0.25, 0.3) is 0 Å². The van der Waals surface area contributed by atoms with Crippen molar-refractivity contribution in [3.63, 3.8) is 0 Å². The van der Waals surface area contributed by atoms with Crippen molar-refractivity contribution in [1.82, 2.24) is 4.90 Å². The number of carbonyl (C=O) groups excluding carboxylic acids is 1. The Morgan fingerprint density at radius 2 is 1.72 bits per heavy atom. The van der Waals surface area contributed by atoms with Gasteiger partial charge in [0.05, 0.1) is 13.0 Å². The molecule has 1 aliphatic heterocycles. The van der Waals surface area contributed by atoms with Crippen LogP contribution in [0.15, 0.2) is 0 Å². The van der Waals surface area contributed by atoms with E-state index in [2.05, 4.69) is 13.8 Å². The van der Waals surface area contributed by atoms with Crippen LogP contribution in [-0.4, -0.2) is 29.6 Å². The molecule has 2 nitrogen and oxygen atoms in total. The molecule has 0 aliphatic carbocycles. The van der Waals surface area contributed by atoms with Gasteiger partial charge in [0.1, 0.15) is 6.17 Å². The molecule has 0 aromatic rings. The molecule has 0 N–H and O–H groups in total. The van der Waals surface area contributed by atoms with E-state index < -0.39 is 6.17 Å². The molecule has 0 aromatic heterocycles. The maximum atomic E-state index is 13.3. The average molecular weight is 257 g/mol. The minimum atomic E-state index is -0.933. The van der Waals surface area contributed by atoms with E-state index in [4.69, 9.17) is 0 Å². The first-order valence-corrected chi connectivity index (χ1v) is 7.62. The number of halogens is 1. The summed E-state index contributed by atoms with van der Waals surface area (Å²) in [7, 11) is 0. The Hall–Kier alpha value is -0.600. The van der Waals surface area contributed by atoms with Gasteiger partial charge in [0.2, 0.25) is 5.91 Å². The third-order valence-corrected chi connectivity index (χ3v) is 3.83. The van der Waals surface area contributed by atoms with Crippen molar-refractivity contribution in [3.05, 3.63) is 0 Å². The van der Waals surface area contributed by atoms with Gasteiger partial charge in [0.25, 0.3) is 0 Å². The Kier molecular flexibility index (Phi) is 7.29. The standard InChI is InChI=1S/C15H28FNO/c1-3-5-7-9-14(10-8-6-4-2)17-12-13(16)11-15(17)18/h13-14H,3-12H2,1-2H3. The molecule has 1 unspecified atom stereocenters. The van der Waals surface area contributed by atoms with Gasteiger partial charge in [0, 0.05) is 6.04 Å². The molecule has 1 aliphatic rings. The summed E-state index contributed by atoms with van der Waals surface area (Å²) in [6.45, 7) is 4.71. The van der Waals surface area contributed by atoms with Gasteiger partial charge in [-0.15, -0.1) is 0 Å². The van der Waals surface area contributed by atoms with Gasteiger partial charge in [-0.25, -0.2) is 4.39 Å². The first kappa shape index (κ1) is 15.5. The molecule has 18 heavy (non-hydrogen) atoms. The Labute approximate surface area is 111 Å². The van der Waals surface area contributed by atoms with Gasteiger partial charge in [-0.2, -0.15) is 0 Å². The average Bonchev–Trinajstić information content (AvgIpc) is 2.67. The Morgan fingerprint density at radius 1 is 1.17 bits per heavy atom. The minimum absolute atomic E-state index is 0.0282. The smallest absolute Gasteiger partial charge is 0.225 e. The highest BCUT2D eigenvalue weighted by Gasteiger charge is 2.33. The van der Waals surface area contributed by atoms with Crippen LogP contribution in [0.4, 0.5) is 4.39 Å². The molecule has 1 fully saturated rings. The fourth-order valence-electron chi connectivity index (χ4n) is 2.76. The Morgan fingerprint density at radius 3 is 2.11 bits per heavy atom. The molecule has 106 valence electrons. The van der Waals surface area contributed by atoms with E-state index in [1.54, 1.807) is 0 Å². The number of carbonyl (C=O) groups is 1. The number of rotatable bonds is 9. The van der Waals surface area contributed by atoms with Crippen LogP contribution in [0, 0.1) is 0 Å². The lowest BCUT2D eigenvalue weighted by atomic mass is 10.0. The number of likely N-dealkylation sites (tertiary alicyclic amines) is 1. The molecule has 0 spiro atoms. The highest BCUT2D eigenvalue weighted by Crippen LogP contribution is 2.23. The predicted octanol–water partition coefficient (Wildman–Crippen LogP) is 4.09. The number of hydrogen-bond donors (Lipinski definition) is 0. The number of nitrogens with zero attached hydrogens (tertiary/aromatic N) is 1. The number of amides is 1. The maximum absolute atomic E-state index is 13.3. The van der Waals surface area contributed by atoms with Gasteiger partial charge in [-0.3, -0.25) is 4.79 Å². The molecular formula is C15H28FNO. The Bertz CT molecular complexity index is 235. The molecule has 1 atom stereocenters. The van der Waals surface area contributed by atoms with Gasteiger partial charge < -0.3 is 4.90 Å². The first-order valence-electron chi connectivity index (χ1n) is 7.62. The predicted molar refractivity (Wildman–Crippen MR) is 73.3 cm³/mol. The van der Waals surface area contributed by atoms with Gasteiger partial charge in [-0.05, 0) is 12.8 Å². The van der Waals surface area contributed by atoms with Gasteiger partial charge in [0.15, 0.2) is 0 Å². The summed E-state index contributed by atoms with van der Waals surface area (Å²) in [5.74, 6) is 0.0282. The second-order valence-electron chi connectivity index (χ2n) is 5.49. The molecule has 0 saturated carbocycles. The van der Waals surface area contributed by atoms with Crippen molar-refractivity contribution in [2.75, 3.05) is 6.54 Å². The normalized spacial score (nSPS) is 20.1. The fourth-order valence-corrected chi connectivity index (χ4v) is 2.76. The summed E-state index contributed by atoms with van der Waals surface area (Å²) in [5, 5.41) is 0. The summed E-state index contributed by atoms with van der Waals surface area (Å²) < 4.78 is 13.3. The van der Waals surface area contributed by atoms with E-state index >= 15 is 0 Å². The van der Waals surface area contributed by atoms with Crippen molar-refractivity contribution >= 4 is 5.91 Å². The van der Waals surface area contributed by atoms with E-state index in [-0.39, 0.29) is 18.4 Å².